The van der Waals surface area contributed by atoms with Gasteiger partial charge in [-0.15, -0.1) is 5.10 Å². The number of nitrogens with two attached hydrogens (primary N) is 2. The second kappa shape index (κ2) is 48.9. The van der Waals surface area contributed by atoms with Crippen molar-refractivity contribution < 1.29 is 102 Å². The number of H-pyrrole nitrogens is 1. The number of carboxylic acids is 1. The van der Waals surface area contributed by atoms with E-state index in [2.05, 4.69) is 89.9 Å². The Morgan fingerprint density at radius 3 is 1.86 bits per heavy atom. The highest BCUT2D eigenvalue weighted by Crippen LogP contribution is 2.31. The van der Waals surface area contributed by atoms with Crippen LogP contribution in [-0.4, -0.2) is 237 Å². The van der Waals surface area contributed by atoms with Gasteiger partial charge in [0, 0.05) is 62.7 Å². The lowest BCUT2D eigenvalue weighted by atomic mass is 9.80. The fourth-order valence-corrected chi connectivity index (χ4v) is 14.8. The SMILES string of the molecule is CC(=O)N[C@@H](CC(C)C)C(=O)N[C@H](C(=O)N[C@@H](Cc1ccccc1)C(=O)NC1(C)CCCCCCn2nncc2CCC[C@@](C)(C(=O)NC(CO)C(=O)N[C@@H](C)C(=O)NC(C)C(N)=O)NC(=O)[C@H](CC2CCC2)NN[C@@H](CCC(N)=O)C(=O)C(=O)C(C)NC(=O)[C@H](Cc2c[nH]c3ccccc23)NC(=O)C(Cc2ccc(O)cc2)NC(=O)[C@H](CCC(=O)O)NC1=O)[C@@H](C)O. The molecule has 698 valence electrons. The van der Waals surface area contributed by atoms with E-state index in [4.69, 9.17) is 11.5 Å². The number of carbonyl (C=O) groups is 17. The van der Waals surface area contributed by atoms with E-state index >= 15 is 28.8 Å². The number of Topliss-reactive ketones (excluding diaryl/α,β-unsaturated/α-hetero) is 2. The summed E-state index contributed by atoms with van der Waals surface area (Å²) in [6, 6.07) is 1.85. The van der Waals surface area contributed by atoms with E-state index in [1.807, 2.05) is 0 Å². The topological polar surface area (TPSA) is 638 Å². The number of phenols is 1. The summed E-state index contributed by atoms with van der Waals surface area (Å²) < 4.78 is 1.60. The number of hydrogen-bond acceptors (Lipinski definition) is 24. The van der Waals surface area contributed by atoms with E-state index in [0.717, 1.165) is 6.42 Å². The van der Waals surface area contributed by atoms with E-state index in [1.54, 1.807) is 79.3 Å². The number of benzene rings is 3. The van der Waals surface area contributed by atoms with Crippen molar-refractivity contribution in [1.82, 2.24) is 94.6 Å². The third kappa shape index (κ3) is 31.4. The zero-order valence-corrected chi connectivity index (χ0v) is 73.6. The summed E-state index contributed by atoms with van der Waals surface area (Å²) >= 11 is 0. The van der Waals surface area contributed by atoms with Crippen LogP contribution in [0.5, 0.6) is 5.75 Å². The van der Waals surface area contributed by atoms with Crippen LogP contribution in [0.4, 0.5) is 0 Å². The number of aromatic nitrogens is 4. The van der Waals surface area contributed by atoms with Crippen molar-refractivity contribution in [3.8, 4) is 5.75 Å². The van der Waals surface area contributed by atoms with Crippen LogP contribution < -0.4 is 86.1 Å². The number of amides is 14. The summed E-state index contributed by atoms with van der Waals surface area (Å²) in [4.78, 5) is 244. The first-order valence-corrected chi connectivity index (χ1v) is 43.1. The maximum absolute atomic E-state index is 15.6. The quantitative estimate of drug-likeness (QED) is 0.0215. The normalized spacial score (nSPS) is 22.5. The number of aliphatic carboxylic acids is 1. The van der Waals surface area contributed by atoms with Crippen LogP contribution in [0.2, 0.25) is 0 Å². The molecule has 0 bridgehead atoms. The Morgan fingerprint density at radius 2 is 1.23 bits per heavy atom. The van der Waals surface area contributed by atoms with Crippen molar-refractivity contribution in [3.05, 3.63) is 114 Å². The summed E-state index contributed by atoms with van der Waals surface area (Å²) in [5.74, 6) is -17.7. The van der Waals surface area contributed by atoms with Gasteiger partial charge in [0.15, 0.2) is 0 Å². The van der Waals surface area contributed by atoms with E-state index in [9.17, 15) is 73.2 Å². The molecule has 0 radical (unpaired) electrons. The van der Waals surface area contributed by atoms with Gasteiger partial charge in [-0.05, 0) is 146 Å². The number of aliphatic hydroxyl groups is 2. The first-order chi connectivity index (χ1) is 60.6. The molecule has 7 rings (SSSR count). The second-order valence-corrected chi connectivity index (χ2v) is 33.9. The zero-order chi connectivity index (χ0) is 94.3. The van der Waals surface area contributed by atoms with Gasteiger partial charge in [0.25, 0.3) is 0 Å². The van der Waals surface area contributed by atoms with E-state index < -0.39 is 229 Å². The molecule has 2 aromatic heterocycles. The number of rotatable bonds is 32. The van der Waals surface area contributed by atoms with Crippen LogP contribution in [0.15, 0.2) is 91.3 Å². The molecule has 1 saturated carbocycles. The molecule has 5 unspecified atom stereocenters. The Morgan fingerprint density at radius 1 is 0.602 bits per heavy atom. The third-order valence-corrected chi connectivity index (χ3v) is 22.7. The zero-order valence-electron chi connectivity index (χ0n) is 73.6. The first kappa shape index (κ1) is 102. The van der Waals surface area contributed by atoms with Crippen LogP contribution in [0, 0.1) is 11.8 Å². The van der Waals surface area contributed by atoms with Crippen molar-refractivity contribution in [2.24, 2.45) is 23.3 Å². The smallest absolute Gasteiger partial charge is 0.303 e. The van der Waals surface area contributed by atoms with Gasteiger partial charge in [-0.1, -0.05) is 118 Å². The molecule has 3 aromatic carbocycles. The largest absolute Gasteiger partial charge is 0.508 e. The van der Waals surface area contributed by atoms with Gasteiger partial charge in [-0.2, -0.15) is 0 Å². The Balaban J connectivity index is 1.31. The predicted octanol–water partition coefficient (Wildman–Crippen LogP) is -1.65. The lowest BCUT2D eigenvalue weighted by molar-refractivity contribution is -0.141. The summed E-state index contributed by atoms with van der Waals surface area (Å²) in [5.41, 5.74) is 14.8. The minimum Gasteiger partial charge on any atom is -0.508 e. The molecule has 14 amide bonds. The van der Waals surface area contributed by atoms with Gasteiger partial charge in [0.05, 0.1) is 36.7 Å². The van der Waals surface area contributed by atoms with E-state index in [0.29, 0.717) is 65.4 Å². The highest BCUT2D eigenvalue weighted by Gasteiger charge is 2.44. The standard InChI is InChI=1S/C87H124N20O21/c1-47(2)39-63(95-52(7)110)79(122)101-71(51(6)109)83(126)98-65(40-53-21-13-12-14-22-53)81(124)102-86(8)36-17-10-11-18-38-107-57(45-91-106-107)25-20-37-87(9,85(128)100-68(46-108)80(123)94-50(5)75(118)93-49(4)74(89)117)103-82(125)67(42-54-23-19-24-54)105-104-61(32-34-69(88)112)73(116)72(115)48(3)92-77(120)66(43-56-44-90-60-27-16-15-26-59(56)60)97-78(121)64(41-55-28-30-58(111)31-29-55)96-76(119)62(99-84(86)127)33-35-70(113)114/h12-16,21-22,26-31,44-45,47-51,54,61-68,71,90,104-105,108-109,111H,10-11,17-20,23-25,32-43,46H2,1-9H3,(H2,88,112)(H2,89,117)(H,92,120)(H,93,118)(H,94,123)(H,95,110)(H,96,119)(H,97,121)(H,98,126)(H,99,127)(H,100,128)(H,101,122)(H,102,124)(H,103,125)(H,113,114)/t48?,49?,50-,51+,61-,62-,63-,64?,65-,66-,67-,68?,71-,86?,87-/m0/s1. The molecule has 1 aliphatic carbocycles. The minimum absolute atomic E-state index is 0.0605. The molecule has 41 heteroatoms. The average Bonchev–Trinajstić information content (AvgIpc) is 0.998. The highest BCUT2D eigenvalue weighted by molar-refractivity contribution is 6.41. The maximum Gasteiger partial charge on any atom is 0.303 e. The van der Waals surface area contributed by atoms with Crippen molar-refractivity contribution >= 4 is 111 Å². The van der Waals surface area contributed by atoms with Crippen molar-refractivity contribution in [3.63, 3.8) is 0 Å². The maximum atomic E-state index is 15.6. The molecular formula is C87H124N20O21. The molecular weight excluding hydrogens is 1660 g/mol. The van der Waals surface area contributed by atoms with Crippen molar-refractivity contribution in [2.45, 2.75) is 287 Å². The number of aromatic amines is 1. The number of hydrogen-bond donors (Lipinski definition) is 21. The van der Waals surface area contributed by atoms with Gasteiger partial charge >= 0.3 is 5.97 Å². The minimum atomic E-state index is -2.11. The lowest BCUT2D eigenvalue weighted by Crippen LogP contribution is -2.65. The molecule has 1 aliphatic heterocycles. The molecule has 2 aliphatic rings. The van der Waals surface area contributed by atoms with Crippen LogP contribution in [0.1, 0.15) is 187 Å². The number of carbonyl (C=O) groups excluding carboxylic acids is 16. The number of ketones is 2. The summed E-state index contributed by atoms with van der Waals surface area (Å²) in [5, 5.41) is 82.5. The number of carboxylic acid groups (broad SMARTS) is 1. The fraction of sp³-hybridized carbons (Fsp3) is 0.552. The van der Waals surface area contributed by atoms with Crippen molar-refractivity contribution in [2.75, 3.05) is 6.61 Å². The number of para-hydroxylation sites is 1. The number of aryl methyl sites for hydroxylation is 2. The van der Waals surface area contributed by atoms with Gasteiger partial charge in [0.1, 0.15) is 77.2 Å². The lowest BCUT2D eigenvalue weighted by Gasteiger charge is -2.35. The molecule has 0 spiro atoms. The Kier molecular flexibility index (Phi) is 39.1. The Bertz CT molecular complexity index is 4730. The predicted molar refractivity (Wildman–Crippen MR) is 464 cm³/mol. The summed E-state index contributed by atoms with van der Waals surface area (Å²) in [6.07, 6.45) is 1.31. The molecule has 41 nitrogen and oxygen atoms in total. The van der Waals surface area contributed by atoms with Crippen LogP contribution >= 0.6 is 0 Å². The molecule has 1 fully saturated rings. The van der Waals surface area contributed by atoms with Crippen LogP contribution in [0.3, 0.4) is 0 Å². The van der Waals surface area contributed by atoms with Gasteiger partial charge in [-0.3, -0.25) is 81.5 Å². The van der Waals surface area contributed by atoms with Crippen molar-refractivity contribution in [1.29, 1.82) is 0 Å². The fourth-order valence-electron chi connectivity index (χ4n) is 14.8. The average molecular weight is 1790 g/mol. The van der Waals surface area contributed by atoms with Gasteiger partial charge in [-0.25, -0.2) is 15.5 Å². The number of nitrogens with zero attached hydrogens (tertiary/aromatic N) is 3. The number of aromatic hydroxyl groups is 1. The second-order valence-electron chi connectivity index (χ2n) is 33.9. The molecule has 3 heterocycles. The van der Waals surface area contributed by atoms with Gasteiger partial charge < -0.3 is 101 Å². The Labute approximate surface area is 740 Å². The highest BCUT2D eigenvalue weighted by atomic mass is 16.4. The molecule has 23 N–H and O–H groups in total. The number of hydrazine groups is 1. The monoisotopic (exact) mass is 1780 g/mol. The first-order valence-electron chi connectivity index (χ1n) is 43.1. The summed E-state index contributed by atoms with van der Waals surface area (Å²) in [7, 11) is 0. The molecule has 128 heavy (non-hydrogen) atoms. The Hall–Kier alpha value is -12.6. The summed E-state index contributed by atoms with van der Waals surface area (Å²) in [6.45, 7) is 11.7. The number of aliphatic hydroxyl groups excluding tert-OH is 2. The number of nitrogens with one attached hydrogen (secondary N) is 15. The number of primary amides is 2. The van der Waals surface area contributed by atoms with E-state index in [-0.39, 0.29) is 81.9 Å². The molecule has 0 saturated heterocycles. The molecule has 15 atom stereocenters. The van der Waals surface area contributed by atoms with E-state index in [1.165, 1.54) is 78.9 Å². The van der Waals surface area contributed by atoms with Crippen LogP contribution in [-0.2, 0) is 114 Å². The van der Waals surface area contributed by atoms with Crippen LogP contribution in [0.25, 0.3) is 10.9 Å². The molecule has 5 aromatic rings. The number of phenolic OH excluding ortho intramolecular Hbond substituents is 1. The third-order valence-electron chi connectivity index (χ3n) is 22.7. The number of fused-ring (bicyclic) bond motifs is 2. The van der Waals surface area contributed by atoms with Gasteiger partial charge in [0.2, 0.25) is 94.3 Å².